The van der Waals surface area contributed by atoms with E-state index in [0.717, 1.165) is 34.5 Å². The van der Waals surface area contributed by atoms with Gasteiger partial charge in [0.15, 0.2) is 5.82 Å². The van der Waals surface area contributed by atoms with Gasteiger partial charge in [0.25, 0.3) is 0 Å². The molecule has 0 aliphatic heterocycles. The Morgan fingerprint density at radius 2 is 1.82 bits per heavy atom. The molecule has 4 rings (SSSR count). The second kappa shape index (κ2) is 8.27. The molecule has 1 heterocycles. The Morgan fingerprint density at radius 1 is 1.04 bits per heavy atom. The van der Waals surface area contributed by atoms with Crippen LogP contribution in [0.5, 0.6) is 5.75 Å². The average Bonchev–Trinajstić information content (AvgIpc) is 3.11. The zero-order valence-corrected chi connectivity index (χ0v) is 16.5. The summed E-state index contributed by atoms with van der Waals surface area (Å²) in [7, 11) is 0. The molecule has 0 spiro atoms. The number of benzene rings is 3. The van der Waals surface area contributed by atoms with E-state index in [9.17, 15) is 0 Å². The first-order chi connectivity index (χ1) is 13.8. The first-order valence-electron chi connectivity index (χ1n) is 9.33. The van der Waals surface area contributed by atoms with Crippen LogP contribution < -0.4 is 10.2 Å². The fraction of sp³-hybridized carbons (Fsp3) is 0.182. The highest BCUT2D eigenvalue weighted by Crippen LogP contribution is 2.29. The van der Waals surface area contributed by atoms with Crippen LogP contribution in [0.4, 0.5) is 0 Å². The highest BCUT2D eigenvalue weighted by molar-refractivity contribution is 7.71. The second-order valence-corrected chi connectivity index (χ2v) is 6.89. The molecule has 28 heavy (non-hydrogen) atoms. The van der Waals surface area contributed by atoms with Crippen molar-refractivity contribution in [1.29, 1.82) is 0 Å². The van der Waals surface area contributed by atoms with Gasteiger partial charge in [-0.25, -0.2) is 4.68 Å². The lowest BCUT2D eigenvalue weighted by atomic mass is 10.0. The normalized spacial score (nSPS) is 10.9. The maximum Gasteiger partial charge on any atom is 0.214 e. The minimum absolute atomic E-state index is 0.525. The molecular formula is C22H22N4OS. The van der Waals surface area contributed by atoms with Gasteiger partial charge in [-0.3, -0.25) is 5.10 Å². The van der Waals surface area contributed by atoms with Crippen LogP contribution in [0, 0.1) is 4.77 Å². The van der Waals surface area contributed by atoms with Gasteiger partial charge in [0.1, 0.15) is 12.4 Å². The van der Waals surface area contributed by atoms with E-state index in [1.165, 1.54) is 5.39 Å². The number of rotatable bonds is 7. The minimum Gasteiger partial charge on any atom is -0.489 e. The third-order valence-electron chi connectivity index (χ3n) is 4.71. The minimum atomic E-state index is 0.525. The maximum absolute atomic E-state index is 6.19. The highest BCUT2D eigenvalue weighted by Gasteiger charge is 2.11. The van der Waals surface area contributed by atoms with E-state index in [2.05, 4.69) is 52.9 Å². The highest BCUT2D eigenvalue weighted by atomic mass is 32.1. The molecule has 0 radical (unpaired) electrons. The summed E-state index contributed by atoms with van der Waals surface area (Å²) in [5, 5.41) is 9.44. The monoisotopic (exact) mass is 390 g/mol. The molecule has 3 aromatic carbocycles. The molecule has 2 N–H and O–H groups in total. The van der Waals surface area contributed by atoms with E-state index < -0.39 is 0 Å². The van der Waals surface area contributed by atoms with E-state index in [4.69, 9.17) is 17.0 Å². The van der Waals surface area contributed by atoms with Gasteiger partial charge in [-0.15, -0.1) is 0 Å². The van der Waals surface area contributed by atoms with Crippen LogP contribution in [0.25, 0.3) is 10.8 Å². The standard InChI is InChI=1S/C22H22N4OS/c1-2-21-24-25-22(28)26(21)23-14-19-18-11-7-6-10-17(18)12-13-20(19)27-15-16-8-4-3-5-9-16/h3-13,23H,2,14-15H2,1H3,(H,25,28). The molecule has 0 aliphatic carbocycles. The SMILES string of the molecule is CCc1n[nH]c(=S)n1NCc1c(OCc2ccccc2)ccc2ccccc12. The molecule has 0 saturated heterocycles. The number of fused-ring (bicyclic) bond motifs is 1. The van der Waals surface area contributed by atoms with Crippen molar-refractivity contribution >= 4 is 23.0 Å². The molecule has 0 unspecified atom stereocenters. The van der Waals surface area contributed by atoms with Gasteiger partial charge in [0.2, 0.25) is 4.77 Å². The molecular weight excluding hydrogens is 368 g/mol. The molecule has 6 heteroatoms. The van der Waals surface area contributed by atoms with Crippen LogP contribution in [-0.2, 0) is 19.6 Å². The number of hydrogen-bond acceptors (Lipinski definition) is 4. The van der Waals surface area contributed by atoms with Gasteiger partial charge in [-0.1, -0.05) is 67.6 Å². The molecule has 0 aliphatic rings. The molecule has 0 fully saturated rings. The van der Waals surface area contributed by atoms with E-state index >= 15 is 0 Å². The van der Waals surface area contributed by atoms with Crippen LogP contribution >= 0.6 is 12.2 Å². The molecule has 0 bridgehead atoms. The molecule has 0 atom stereocenters. The molecule has 4 aromatic rings. The number of nitrogens with one attached hydrogen (secondary N) is 2. The van der Waals surface area contributed by atoms with Gasteiger partial charge in [0, 0.05) is 12.0 Å². The van der Waals surface area contributed by atoms with Crippen LogP contribution in [0.3, 0.4) is 0 Å². The van der Waals surface area contributed by atoms with Gasteiger partial charge < -0.3 is 10.2 Å². The lowest BCUT2D eigenvalue weighted by Gasteiger charge is -2.16. The van der Waals surface area contributed by atoms with Gasteiger partial charge in [-0.2, -0.15) is 5.10 Å². The summed E-state index contributed by atoms with van der Waals surface area (Å²) in [4.78, 5) is 0. The van der Waals surface area contributed by atoms with Gasteiger partial charge in [0.05, 0.1) is 6.54 Å². The van der Waals surface area contributed by atoms with E-state index in [-0.39, 0.29) is 0 Å². The zero-order chi connectivity index (χ0) is 19.3. The van der Waals surface area contributed by atoms with Gasteiger partial charge in [-0.05, 0) is 34.6 Å². The lowest BCUT2D eigenvalue weighted by molar-refractivity contribution is 0.303. The number of H-pyrrole nitrogens is 1. The van der Waals surface area contributed by atoms with Crippen molar-refractivity contribution < 1.29 is 4.74 Å². The Hall–Kier alpha value is -3.12. The van der Waals surface area contributed by atoms with E-state index in [1.54, 1.807) is 0 Å². The van der Waals surface area contributed by atoms with Crippen molar-refractivity contribution in [3.05, 3.63) is 88.5 Å². The third-order valence-corrected chi connectivity index (χ3v) is 4.98. The summed E-state index contributed by atoms with van der Waals surface area (Å²) in [6.45, 7) is 3.15. The Labute approximate surface area is 169 Å². The van der Waals surface area contributed by atoms with Crippen LogP contribution in [0.2, 0.25) is 0 Å². The second-order valence-electron chi connectivity index (χ2n) is 6.51. The number of nitrogens with zero attached hydrogens (tertiary/aromatic N) is 2. The summed E-state index contributed by atoms with van der Waals surface area (Å²) >= 11 is 5.35. The average molecular weight is 391 g/mol. The fourth-order valence-corrected chi connectivity index (χ4v) is 3.47. The predicted molar refractivity (Wildman–Crippen MR) is 115 cm³/mol. The smallest absolute Gasteiger partial charge is 0.214 e. The van der Waals surface area contributed by atoms with Crippen LogP contribution in [0.1, 0.15) is 23.9 Å². The van der Waals surface area contributed by atoms with Crippen molar-refractivity contribution in [2.75, 3.05) is 5.43 Å². The quantitative estimate of drug-likeness (QED) is 0.437. The lowest BCUT2D eigenvalue weighted by Crippen LogP contribution is -2.18. The van der Waals surface area contributed by atoms with Crippen molar-refractivity contribution in [3.63, 3.8) is 0 Å². The number of aromatic nitrogens is 3. The molecule has 5 nitrogen and oxygen atoms in total. The predicted octanol–water partition coefficient (Wildman–Crippen LogP) is 4.98. The number of aryl methyl sites for hydroxylation is 1. The Kier molecular flexibility index (Phi) is 5.39. The summed E-state index contributed by atoms with van der Waals surface area (Å²) in [6, 6.07) is 22.7. The summed E-state index contributed by atoms with van der Waals surface area (Å²) in [5.41, 5.74) is 5.63. The van der Waals surface area contributed by atoms with Crippen molar-refractivity contribution in [2.24, 2.45) is 0 Å². The van der Waals surface area contributed by atoms with E-state index in [1.807, 2.05) is 41.1 Å². The molecule has 0 saturated carbocycles. The summed E-state index contributed by atoms with van der Waals surface area (Å²) in [6.07, 6.45) is 0.785. The largest absolute Gasteiger partial charge is 0.489 e. The van der Waals surface area contributed by atoms with E-state index in [0.29, 0.717) is 17.9 Å². The first kappa shape index (κ1) is 18.3. The van der Waals surface area contributed by atoms with Crippen molar-refractivity contribution in [1.82, 2.24) is 14.9 Å². The maximum atomic E-state index is 6.19. The fourth-order valence-electron chi connectivity index (χ4n) is 3.26. The topological polar surface area (TPSA) is 54.9 Å². The number of aromatic amines is 1. The van der Waals surface area contributed by atoms with Gasteiger partial charge >= 0.3 is 0 Å². The summed E-state index contributed by atoms with van der Waals surface area (Å²) < 4.78 is 8.58. The number of hydrogen-bond donors (Lipinski definition) is 2. The Morgan fingerprint density at radius 3 is 2.64 bits per heavy atom. The van der Waals surface area contributed by atoms with Crippen molar-refractivity contribution in [3.8, 4) is 5.75 Å². The van der Waals surface area contributed by atoms with Crippen LogP contribution in [-0.4, -0.2) is 14.9 Å². The van der Waals surface area contributed by atoms with Crippen molar-refractivity contribution in [2.45, 2.75) is 26.5 Å². The third kappa shape index (κ3) is 3.77. The summed E-state index contributed by atoms with van der Waals surface area (Å²) in [5.74, 6) is 1.74. The Balaban J connectivity index is 1.65. The first-order valence-corrected chi connectivity index (χ1v) is 9.74. The zero-order valence-electron chi connectivity index (χ0n) is 15.7. The number of ether oxygens (including phenoxy) is 1. The molecule has 1 aromatic heterocycles. The Bertz CT molecular complexity index is 1130. The molecule has 142 valence electrons. The van der Waals surface area contributed by atoms with Crippen LogP contribution in [0.15, 0.2) is 66.7 Å². The molecule has 0 amide bonds.